The van der Waals surface area contributed by atoms with Crippen LogP contribution in [0.1, 0.15) is 25.7 Å². The second-order valence-corrected chi connectivity index (χ2v) is 5.15. The van der Waals surface area contributed by atoms with E-state index in [0.29, 0.717) is 12.8 Å². The van der Waals surface area contributed by atoms with Crippen LogP contribution in [0.5, 0.6) is 0 Å². The van der Waals surface area contributed by atoms with E-state index in [1.165, 1.54) is 7.11 Å². The zero-order valence-electron chi connectivity index (χ0n) is 8.93. The number of nitrogens with two attached hydrogens (primary N) is 1. The maximum absolute atomic E-state index is 12.3. The van der Waals surface area contributed by atoms with Crippen LogP contribution >= 0.6 is 0 Å². The summed E-state index contributed by atoms with van der Waals surface area (Å²) in [6.07, 6.45) is -3.26. The molecule has 1 spiro atoms. The number of rotatable bonds is 1. The van der Waals surface area contributed by atoms with Crippen LogP contribution in [0.3, 0.4) is 0 Å². The summed E-state index contributed by atoms with van der Waals surface area (Å²) in [5.41, 5.74) is 4.33. The van der Waals surface area contributed by atoms with Crippen LogP contribution in [-0.2, 0) is 9.53 Å². The molecule has 0 aromatic carbocycles. The van der Waals surface area contributed by atoms with Crippen molar-refractivity contribution >= 4 is 5.97 Å². The molecule has 0 aromatic heterocycles. The first-order valence-corrected chi connectivity index (χ1v) is 5.15. The number of carbonyl (C=O) groups excluding carboxylic acids is 1. The molecule has 6 heteroatoms. The van der Waals surface area contributed by atoms with Crippen LogP contribution in [0.2, 0.25) is 0 Å². The van der Waals surface area contributed by atoms with Crippen molar-refractivity contribution in [2.75, 3.05) is 7.11 Å². The van der Waals surface area contributed by atoms with E-state index >= 15 is 0 Å². The van der Waals surface area contributed by atoms with Crippen LogP contribution in [-0.4, -0.2) is 24.8 Å². The molecule has 2 aliphatic rings. The van der Waals surface area contributed by atoms with Gasteiger partial charge in [-0.15, -0.1) is 0 Å². The lowest BCUT2D eigenvalue weighted by atomic mass is 9.45. The molecule has 0 saturated heterocycles. The summed E-state index contributed by atoms with van der Waals surface area (Å²) in [6, 6.07) is 0. The summed E-state index contributed by atoms with van der Waals surface area (Å²) in [5.74, 6) is -1.73. The highest BCUT2D eigenvalue weighted by Gasteiger charge is 2.66. The van der Waals surface area contributed by atoms with Gasteiger partial charge in [-0.25, -0.2) is 0 Å². The summed E-state index contributed by atoms with van der Waals surface area (Å²) >= 11 is 0. The van der Waals surface area contributed by atoms with Gasteiger partial charge in [-0.3, -0.25) is 4.79 Å². The number of hydrogen-bond donors (Lipinski definition) is 1. The lowest BCUT2D eigenvalue weighted by molar-refractivity contribution is -0.243. The van der Waals surface area contributed by atoms with Crippen LogP contribution in [0.4, 0.5) is 13.2 Å². The van der Waals surface area contributed by atoms with Gasteiger partial charge in [0.25, 0.3) is 0 Å². The minimum absolute atomic E-state index is 0.104. The molecule has 2 aliphatic carbocycles. The van der Waals surface area contributed by atoms with Gasteiger partial charge in [-0.2, -0.15) is 13.2 Å². The van der Waals surface area contributed by atoms with Crippen molar-refractivity contribution in [1.29, 1.82) is 0 Å². The average Bonchev–Trinajstić information content (AvgIpc) is 2.05. The van der Waals surface area contributed by atoms with Gasteiger partial charge in [-0.05, 0) is 31.1 Å². The summed E-state index contributed by atoms with van der Waals surface area (Å²) in [7, 11) is 1.24. The molecule has 2 rings (SSSR count). The molecular weight excluding hydrogens is 223 g/mol. The molecule has 0 atom stereocenters. The van der Waals surface area contributed by atoms with E-state index in [1.807, 2.05) is 0 Å². The van der Waals surface area contributed by atoms with Gasteiger partial charge in [0.2, 0.25) is 0 Å². The van der Waals surface area contributed by atoms with Crippen LogP contribution in [0.25, 0.3) is 0 Å². The number of hydrogen-bond acceptors (Lipinski definition) is 3. The van der Waals surface area contributed by atoms with E-state index in [-0.39, 0.29) is 18.3 Å². The highest BCUT2D eigenvalue weighted by molar-refractivity contribution is 5.82. The SMILES string of the molecule is COC(=O)C1(N)CC2(CC(C(F)(F)F)C2)C1. The largest absolute Gasteiger partial charge is 0.468 e. The number of halogens is 3. The summed E-state index contributed by atoms with van der Waals surface area (Å²) in [4.78, 5) is 11.3. The molecule has 0 radical (unpaired) electrons. The Labute approximate surface area is 91.1 Å². The second kappa shape index (κ2) is 3.12. The Morgan fingerprint density at radius 1 is 1.38 bits per heavy atom. The topological polar surface area (TPSA) is 52.3 Å². The summed E-state index contributed by atoms with van der Waals surface area (Å²) < 4.78 is 41.4. The third-order valence-electron chi connectivity index (χ3n) is 3.79. The first kappa shape index (κ1) is 11.7. The summed E-state index contributed by atoms with van der Waals surface area (Å²) in [6.45, 7) is 0. The van der Waals surface area contributed by atoms with Crippen molar-refractivity contribution in [2.24, 2.45) is 17.1 Å². The Morgan fingerprint density at radius 2 is 1.88 bits per heavy atom. The van der Waals surface area contributed by atoms with Crippen molar-refractivity contribution in [1.82, 2.24) is 0 Å². The molecule has 16 heavy (non-hydrogen) atoms. The minimum Gasteiger partial charge on any atom is -0.468 e. The lowest BCUT2D eigenvalue weighted by Gasteiger charge is -2.60. The Kier molecular flexibility index (Phi) is 2.28. The lowest BCUT2D eigenvalue weighted by Crippen LogP contribution is -2.67. The molecule has 2 N–H and O–H groups in total. The Balaban J connectivity index is 1.89. The zero-order valence-corrected chi connectivity index (χ0v) is 8.93. The van der Waals surface area contributed by atoms with Crippen molar-refractivity contribution in [3.05, 3.63) is 0 Å². The van der Waals surface area contributed by atoms with Crippen molar-refractivity contribution < 1.29 is 22.7 Å². The predicted molar refractivity (Wildman–Crippen MR) is 49.4 cm³/mol. The summed E-state index contributed by atoms with van der Waals surface area (Å²) in [5, 5.41) is 0. The number of alkyl halides is 3. The smallest absolute Gasteiger partial charge is 0.391 e. The number of carbonyl (C=O) groups is 1. The van der Waals surface area contributed by atoms with Crippen molar-refractivity contribution in [3.63, 3.8) is 0 Å². The quantitative estimate of drug-likeness (QED) is 0.705. The van der Waals surface area contributed by atoms with E-state index in [2.05, 4.69) is 4.74 Å². The Bertz CT molecular complexity index is 313. The number of ether oxygens (including phenoxy) is 1. The minimum atomic E-state index is -4.11. The number of methoxy groups -OCH3 is 1. The molecule has 2 fully saturated rings. The molecule has 0 unspecified atom stereocenters. The van der Waals surface area contributed by atoms with E-state index in [0.717, 1.165) is 0 Å². The van der Waals surface area contributed by atoms with Gasteiger partial charge >= 0.3 is 12.1 Å². The Morgan fingerprint density at radius 3 is 2.25 bits per heavy atom. The molecule has 0 bridgehead atoms. The normalized spacial score (nSPS) is 42.4. The van der Waals surface area contributed by atoms with Gasteiger partial charge in [0.05, 0.1) is 13.0 Å². The van der Waals surface area contributed by atoms with E-state index < -0.39 is 23.6 Å². The van der Waals surface area contributed by atoms with Crippen LogP contribution in [0.15, 0.2) is 0 Å². The van der Waals surface area contributed by atoms with Gasteiger partial charge in [0.1, 0.15) is 5.54 Å². The van der Waals surface area contributed by atoms with Crippen molar-refractivity contribution in [3.8, 4) is 0 Å². The van der Waals surface area contributed by atoms with E-state index in [4.69, 9.17) is 5.73 Å². The monoisotopic (exact) mass is 237 g/mol. The van der Waals surface area contributed by atoms with Gasteiger partial charge in [-0.1, -0.05) is 0 Å². The maximum Gasteiger partial charge on any atom is 0.391 e. The molecular formula is C10H14F3NO2. The fraction of sp³-hybridized carbons (Fsp3) is 0.900. The third kappa shape index (κ3) is 1.59. The first-order valence-electron chi connectivity index (χ1n) is 5.15. The standard InChI is InChI=1S/C10H14F3NO2/c1-16-7(15)9(14)4-8(5-9)2-6(3-8)10(11,12)13/h6H,2-5,14H2,1H3. The van der Waals surface area contributed by atoms with E-state index in [1.54, 1.807) is 0 Å². The highest BCUT2D eigenvalue weighted by atomic mass is 19.4. The molecule has 0 amide bonds. The Hall–Kier alpha value is -0.780. The molecule has 0 aromatic rings. The molecule has 0 aliphatic heterocycles. The predicted octanol–water partition coefficient (Wildman–Crippen LogP) is 1.61. The van der Waals surface area contributed by atoms with Crippen LogP contribution in [0, 0.1) is 11.3 Å². The van der Waals surface area contributed by atoms with Crippen molar-refractivity contribution in [2.45, 2.75) is 37.4 Å². The molecule has 3 nitrogen and oxygen atoms in total. The van der Waals surface area contributed by atoms with Gasteiger partial charge < -0.3 is 10.5 Å². The zero-order chi connectivity index (χ0) is 12.2. The van der Waals surface area contributed by atoms with Crippen LogP contribution < -0.4 is 5.73 Å². The third-order valence-corrected chi connectivity index (χ3v) is 3.79. The molecule has 0 heterocycles. The van der Waals surface area contributed by atoms with Gasteiger partial charge in [0, 0.05) is 0 Å². The average molecular weight is 237 g/mol. The van der Waals surface area contributed by atoms with Gasteiger partial charge in [0.15, 0.2) is 0 Å². The highest BCUT2D eigenvalue weighted by Crippen LogP contribution is 2.65. The first-order chi connectivity index (χ1) is 7.21. The fourth-order valence-electron chi connectivity index (χ4n) is 3.14. The fourth-order valence-corrected chi connectivity index (χ4v) is 3.14. The maximum atomic E-state index is 12.3. The van der Waals surface area contributed by atoms with E-state index in [9.17, 15) is 18.0 Å². The molecule has 2 saturated carbocycles. The molecule has 92 valence electrons. The second-order valence-electron chi connectivity index (χ2n) is 5.15. The number of esters is 1.